The first-order chi connectivity index (χ1) is 14.6. The lowest BCUT2D eigenvalue weighted by Crippen LogP contribution is -2.44. The third kappa shape index (κ3) is 3.90. The van der Waals surface area contributed by atoms with E-state index in [1.165, 1.54) is 0 Å². The van der Waals surface area contributed by atoms with Gasteiger partial charge in [-0.25, -0.2) is 0 Å². The Morgan fingerprint density at radius 2 is 2.23 bits per heavy atom. The first-order valence-electron chi connectivity index (χ1n) is 10.1. The van der Waals surface area contributed by atoms with Crippen molar-refractivity contribution in [3.63, 3.8) is 0 Å². The molecule has 3 aromatic rings. The fraction of sp³-hybridized carbons (Fsp3) is 0.450. The lowest BCUT2D eigenvalue weighted by molar-refractivity contribution is 0.0933. The van der Waals surface area contributed by atoms with Gasteiger partial charge in [-0.15, -0.1) is 5.10 Å². The van der Waals surface area contributed by atoms with Crippen LogP contribution in [0.2, 0.25) is 0 Å². The van der Waals surface area contributed by atoms with Crippen molar-refractivity contribution < 1.29 is 9.53 Å². The molecule has 1 unspecified atom stereocenters. The standard InChI is InChI=1S/C20H26N8O2/c1-4-28-17(6-8-22-28)15-11-18(27-9-10-30-12-13(27)2)25-26-19(15)14(3)23-20(29)16-5-7-21-24-16/h5-8,11,13-14H,4,9-10,12H2,1-3H3,(H,21,24)(H,23,29)/t13-,14?/m1/s1. The maximum Gasteiger partial charge on any atom is 0.269 e. The molecule has 0 saturated carbocycles. The smallest absolute Gasteiger partial charge is 0.269 e. The predicted molar refractivity (Wildman–Crippen MR) is 111 cm³/mol. The Morgan fingerprint density at radius 3 is 2.97 bits per heavy atom. The largest absolute Gasteiger partial charge is 0.377 e. The molecule has 10 nitrogen and oxygen atoms in total. The second kappa shape index (κ2) is 8.62. The van der Waals surface area contributed by atoms with Gasteiger partial charge in [-0.3, -0.25) is 14.6 Å². The topological polar surface area (TPSA) is 114 Å². The van der Waals surface area contributed by atoms with Crippen LogP contribution in [0.3, 0.4) is 0 Å². The first kappa shape index (κ1) is 20.0. The highest BCUT2D eigenvalue weighted by Gasteiger charge is 2.25. The van der Waals surface area contributed by atoms with E-state index in [1.54, 1.807) is 18.5 Å². The zero-order chi connectivity index (χ0) is 21.1. The SMILES string of the molecule is CCn1nccc1-c1cc(N2CCOC[C@H]2C)nnc1C(C)NC(=O)c1ccn[nH]1. The highest BCUT2D eigenvalue weighted by atomic mass is 16.5. The number of carbonyl (C=O) groups excluding carboxylic acids is 1. The summed E-state index contributed by atoms with van der Waals surface area (Å²) in [5, 5.41) is 22.9. The van der Waals surface area contributed by atoms with Gasteiger partial charge in [0, 0.05) is 31.0 Å². The third-order valence-corrected chi connectivity index (χ3v) is 5.27. The average molecular weight is 410 g/mol. The van der Waals surface area contributed by atoms with Crippen molar-refractivity contribution in [2.75, 3.05) is 24.7 Å². The number of aryl methyl sites for hydroxylation is 1. The van der Waals surface area contributed by atoms with E-state index in [1.807, 2.05) is 30.7 Å². The Hall–Kier alpha value is -3.27. The molecule has 1 amide bonds. The highest BCUT2D eigenvalue weighted by molar-refractivity contribution is 5.92. The quantitative estimate of drug-likeness (QED) is 0.637. The van der Waals surface area contributed by atoms with E-state index in [0.29, 0.717) is 24.6 Å². The minimum absolute atomic E-state index is 0.209. The molecule has 158 valence electrons. The lowest BCUT2D eigenvalue weighted by Gasteiger charge is -2.34. The van der Waals surface area contributed by atoms with E-state index in [2.05, 4.69) is 42.6 Å². The molecule has 1 saturated heterocycles. The van der Waals surface area contributed by atoms with Crippen LogP contribution >= 0.6 is 0 Å². The number of carbonyl (C=O) groups is 1. The van der Waals surface area contributed by atoms with Crippen molar-refractivity contribution in [3.05, 3.63) is 42.0 Å². The van der Waals surface area contributed by atoms with Gasteiger partial charge in [-0.1, -0.05) is 0 Å². The number of amides is 1. The summed E-state index contributed by atoms with van der Waals surface area (Å²) in [6, 6.07) is 5.47. The van der Waals surface area contributed by atoms with E-state index >= 15 is 0 Å². The van der Waals surface area contributed by atoms with Crippen molar-refractivity contribution in [2.45, 2.75) is 39.4 Å². The van der Waals surface area contributed by atoms with Gasteiger partial charge in [-0.05, 0) is 39.0 Å². The van der Waals surface area contributed by atoms with Crippen molar-refractivity contribution in [2.24, 2.45) is 0 Å². The molecule has 30 heavy (non-hydrogen) atoms. The number of H-pyrrole nitrogens is 1. The minimum atomic E-state index is -0.361. The Bertz CT molecular complexity index is 1000. The van der Waals surface area contributed by atoms with Gasteiger partial charge in [0.25, 0.3) is 5.91 Å². The first-order valence-corrected chi connectivity index (χ1v) is 10.1. The van der Waals surface area contributed by atoms with Gasteiger partial charge in [0.1, 0.15) is 5.69 Å². The number of anilines is 1. The molecule has 3 aromatic heterocycles. The summed E-state index contributed by atoms with van der Waals surface area (Å²) >= 11 is 0. The molecule has 1 fully saturated rings. The van der Waals surface area contributed by atoms with Gasteiger partial charge < -0.3 is 15.0 Å². The van der Waals surface area contributed by atoms with Crippen LogP contribution < -0.4 is 10.2 Å². The number of nitrogens with one attached hydrogen (secondary N) is 2. The molecule has 0 aromatic carbocycles. The van der Waals surface area contributed by atoms with E-state index in [0.717, 1.165) is 30.2 Å². The van der Waals surface area contributed by atoms with E-state index in [9.17, 15) is 4.79 Å². The Labute approximate surface area is 174 Å². The van der Waals surface area contributed by atoms with E-state index in [-0.39, 0.29) is 18.0 Å². The van der Waals surface area contributed by atoms with Crippen LogP contribution in [0.5, 0.6) is 0 Å². The summed E-state index contributed by atoms with van der Waals surface area (Å²) in [5.41, 5.74) is 2.92. The average Bonchev–Trinajstić information content (AvgIpc) is 3.45. The highest BCUT2D eigenvalue weighted by Crippen LogP contribution is 2.30. The predicted octanol–water partition coefficient (Wildman–Crippen LogP) is 1.80. The van der Waals surface area contributed by atoms with Gasteiger partial charge in [-0.2, -0.15) is 15.3 Å². The van der Waals surface area contributed by atoms with Gasteiger partial charge in [0.15, 0.2) is 5.82 Å². The molecule has 0 spiro atoms. The fourth-order valence-corrected chi connectivity index (χ4v) is 3.66. The maximum absolute atomic E-state index is 12.5. The van der Waals surface area contributed by atoms with Crippen LogP contribution in [-0.4, -0.2) is 61.9 Å². The molecule has 0 bridgehead atoms. The van der Waals surface area contributed by atoms with Gasteiger partial charge in [0.2, 0.25) is 0 Å². The number of rotatable bonds is 6. The van der Waals surface area contributed by atoms with Crippen LogP contribution in [0.1, 0.15) is 43.0 Å². The monoisotopic (exact) mass is 410 g/mol. The minimum Gasteiger partial charge on any atom is -0.377 e. The molecular formula is C20H26N8O2. The van der Waals surface area contributed by atoms with Crippen LogP contribution in [-0.2, 0) is 11.3 Å². The number of nitrogens with zero attached hydrogens (tertiary/aromatic N) is 6. The molecule has 4 heterocycles. The number of aromatic amines is 1. The number of ether oxygens (including phenoxy) is 1. The number of aromatic nitrogens is 6. The summed E-state index contributed by atoms with van der Waals surface area (Å²) in [6.07, 6.45) is 3.32. The van der Waals surface area contributed by atoms with E-state index < -0.39 is 0 Å². The molecule has 4 rings (SSSR count). The van der Waals surface area contributed by atoms with Crippen LogP contribution in [0.25, 0.3) is 11.3 Å². The zero-order valence-electron chi connectivity index (χ0n) is 17.4. The maximum atomic E-state index is 12.5. The molecule has 0 aliphatic carbocycles. The second-order valence-corrected chi connectivity index (χ2v) is 7.32. The van der Waals surface area contributed by atoms with Crippen molar-refractivity contribution in [3.8, 4) is 11.3 Å². The van der Waals surface area contributed by atoms with Crippen molar-refractivity contribution in [1.29, 1.82) is 0 Å². The summed E-state index contributed by atoms with van der Waals surface area (Å²) < 4.78 is 7.47. The van der Waals surface area contributed by atoms with Gasteiger partial charge in [0.05, 0.1) is 36.7 Å². The van der Waals surface area contributed by atoms with Gasteiger partial charge >= 0.3 is 0 Å². The summed E-state index contributed by atoms with van der Waals surface area (Å²) in [5.74, 6) is 0.545. The number of hydrogen-bond acceptors (Lipinski definition) is 7. The Balaban J connectivity index is 1.71. The molecule has 2 N–H and O–H groups in total. The number of morpholine rings is 1. The fourth-order valence-electron chi connectivity index (χ4n) is 3.66. The molecule has 0 radical (unpaired) electrons. The molecule has 10 heteroatoms. The third-order valence-electron chi connectivity index (χ3n) is 5.27. The van der Waals surface area contributed by atoms with Crippen molar-refractivity contribution in [1.82, 2.24) is 35.5 Å². The van der Waals surface area contributed by atoms with Crippen LogP contribution in [0.15, 0.2) is 30.6 Å². The Morgan fingerprint density at radius 1 is 1.37 bits per heavy atom. The summed E-state index contributed by atoms with van der Waals surface area (Å²) in [4.78, 5) is 14.7. The van der Waals surface area contributed by atoms with Crippen LogP contribution in [0, 0.1) is 0 Å². The van der Waals surface area contributed by atoms with Crippen LogP contribution in [0.4, 0.5) is 5.82 Å². The zero-order valence-corrected chi connectivity index (χ0v) is 17.4. The van der Waals surface area contributed by atoms with E-state index in [4.69, 9.17) is 4.74 Å². The summed E-state index contributed by atoms with van der Waals surface area (Å²) in [7, 11) is 0. The molecule has 1 aliphatic heterocycles. The second-order valence-electron chi connectivity index (χ2n) is 7.32. The molecular weight excluding hydrogens is 384 g/mol. The molecule has 1 aliphatic rings. The Kier molecular flexibility index (Phi) is 5.75. The summed E-state index contributed by atoms with van der Waals surface area (Å²) in [6.45, 7) is 8.84. The van der Waals surface area contributed by atoms with Crippen molar-refractivity contribution >= 4 is 11.7 Å². The lowest BCUT2D eigenvalue weighted by atomic mass is 10.0. The number of hydrogen-bond donors (Lipinski definition) is 2. The normalized spacial score (nSPS) is 17.7. The molecule has 2 atom stereocenters.